The van der Waals surface area contributed by atoms with Crippen molar-refractivity contribution >= 4 is 22.7 Å². The van der Waals surface area contributed by atoms with Crippen LogP contribution in [-0.4, -0.2) is 4.98 Å². The molecule has 5 heteroatoms. The quantitative estimate of drug-likeness (QED) is 0.674. The molecule has 20 heavy (non-hydrogen) atoms. The van der Waals surface area contributed by atoms with Crippen LogP contribution in [-0.2, 0) is 6.18 Å². The third kappa shape index (κ3) is 2.54. The Morgan fingerprint density at radius 3 is 2.30 bits per heavy atom. The Bertz CT molecular complexity index is 729. The van der Waals surface area contributed by atoms with Gasteiger partial charge < -0.3 is 4.98 Å². The molecule has 0 aliphatic carbocycles. The van der Waals surface area contributed by atoms with E-state index in [1.165, 1.54) is 23.9 Å². The zero-order valence-corrected chi connectivity index (χ0v) is 11.1. The average molecular weight is 293 g/mol. The molecule has 1 aromatic heterocycles. The summed E-state index contributed by atoms with van der Waals surface area (Å²) in [5, 5.41) is 1.07. The fourth-order valence-corrected chi connectivity index (χ4v) is 2.90. The van der Waals surface area contributed by atoms with Gasteiger partial charge in [-0.15, -0.1) is 0 Å². The molecule has 2 aromatic carbocycles. The second kappa shape index (κ2) is 4.90. The minimum absolute atomic E-state index is 0.624. The van der Waals surface area contributed by atoms with Gasteiger partial charge in [0.15, 0.2) is 0 Å². The van der Waals surface area contributed by atoms with E-state index in [0.29, 0.717) is 0 Å². The fourth-order valence-electron chi connectivity index (χ4n) is 1.97. The molecular formula is C15H10F3NS. The minimum atomic E-state index is -4.29. The van der Waals surface area contributed by atoms with E-state index in [1.54, 1.807) is 0 Å². The van der Waals surface area contributed by atoms with Gasteiger partial charge in [0, 0.05) is 26.9 Å². The molecule has 0 bridgehead atoms. The van der Waals surface area contributed by atoms with Gasteiger partial charge in [-0.05, 0) is 30.3 Å². The van der Waals surface area contributed by atoms with E-state index in [-0.39, 0.29) is 0 Å². The van der Waals surface area contributed by atoms with E-state index in [1.807, 2.05) is 30.5 Å². The van der Waals surface area contributed by atoms with E-state index in [0.717, 1.165) is 32.8 Å². The first-order chi connectivity index (χ1) is 9.54. The van der Waals surface area contributed by atoms with Crippen molar-refractivity contribution < 1.29 is 13.2 Å². The second-order valence-electron chi connectivity index (χ2n) is 4.32. The number of hydrogen-bond acceptors (Lipinski definition) is 1. The molecule has 0 saturated heterocycles. The average Bonchev–Trinajstić information content (AvgIpc) is 2.82. The van der Waals surface area contributed by atoms with Gasteiger partial charge in [0.05, 0.1) is 5.56 Å². The number of nitrogens with one attached hydrogen (secondary N) is 1. The van der Waals surface area contributed by atoms with Crippen LogP contribution in [0.25, 0.3) is 10.9 Å². The molecule has 0 saturated carbocycles. The van der Waals surface area contributed by atoms with Crippen LogP contribution in [0.15, 0.2) is 64.5 Å². The van der Waals surface area contributed by atoms with Crippen LogP contribution in [0.1, 0.15) is 5.56 Å². The molecule has 0 amide bonds. The number of aromatic nitrogens is 1. The number of aromatic amines is 1. The van der Waals surface area contributed by atoms with E-state index >= 15 is 0 Å². The second-order valence-corrected chi connectivity index (χ2v) is 5.44. The maximum Gasteiger partial charge on any atom is 0.416 e. The summed E-state index contributed by atoms with van der Waals surface area (Å²) >= 11 is 1.44. The van der Waals surface area contributed by atoms with Crippen molar-refractivity contribution in [2.75, 3.05) is 0 Å². The Labute approximate surface area is 117 Å². The maximum absolute atomic E-state index is 12.5. The molecule has 1 N–H and O–H groups in total. The van der Waals surface area contributed by atoms with E-state index in [2.05, 4.69) is 4.98 Å². The Hall–Kier alpha value is -1.88. The lowest BCUT2D eigenvalue weighted by molar-refractivity contribution is -0.137. The number of para-hydroxylation sites is 1. The normalized spacial score (nSPS) is 11.9. The van der Waals surface area contributed by atoms with Gasteiger partial charge >= 0.3 is 6.18 Å². The highest BCUT2D eigenvalue weighted by Crippen LogP contribution is 2.35. The monoisotopic (exact) mass is 293 g/mol. The summed E-state index contributed by atoms with van der Waals surface area (Å²) < 4.78 is 37.5. The molecule has 0 aliphatic rings. The zero-order chi connectivity index (χ0) is 14.2. The van der Waals surface area contributed by atoms with Crippen molar-refractivity contribution in [1.82, 2.24) is 4.98 Å². The van der Waals surface area contributed by atoms with Gasteiger partial charge in [0.25, 0.3) is 0 Å². The van der Waals surface area contributed by atoms with Crippen LogP contribution in [0, 0.1) is 0 Å². The molecular weight excluding hydrogens is 283 g/mol. The zero-order valence-electron chi connectivity index (χ0n) is 10.2. The third-order valence-electron chi connectivity index (χ3n) is 2.96. The summed E-state index contributed by atoms with van der Waals surface area (Å²) in [4.78, 5) is 4.92. The predicted octanol–water partition coefficient (Wildman–Crippen LogP) is 5.34. The van der Waals surface area contributed by atoms with E-state index < -0.39 is 11.7 Å². The molecule has 0 fully saturated rings. The summed E-state index contributed by atoms with van der Waals surface area (Å²) in [5.74, 6) is 0. The van der Waals surface area contributed by atoms with Crippen molar-refractivity contribution in [1.29, 1.82) is 0 Å². The molecule has 0 aliphatic heterocycles. The first-order valence-corrected chi connectivity index (χ1v) is 6.77. The van der Waals surface area contributed by atoms with Crippen LogP contribution in [0.3, 0.4) is 0 Å². The Morgan fingerprint density at radius 2 is 1.60 bits per heavy atom. The fraction of sp³-hybridized carbons (Fsp3) is 0.0667. The molecule has 1 heterocycles. The number of fused-ring (bicyclic) bond motifs is 1. The molecule has 0 radical (unpaired) electrons. The molecule has 0 atom stereocenters. The number of halogens is 3. The van der Waals surface area contributed by atoms with Gasteiger partial charge in [-0.3, -0.25) is 0 Å². The van der Waals surface area contributed by atoms with Gasteiger partial charge in [-0.1, -0.05) is 30.0 Å². The van der Waals surface area contributed by atoms with Crippen molar-refractivity contribution in [2.24, 2.45) is 0 Å². The SMILES string of the molecule is FC(F)(F)c1ccc(Sc2c[nH]c3ccccc23)cc1. The summed E-state index contributed by atoms with van der Waals surface area (Å²) in [6.07, 6.45) is -2.42. The van der Waals surface area contributed by atoms with Crippen LogP contribution >= 0.6 is 11.8 Å². The standard InChI is InChI=1S/C15H10F3NS/c16-15(17,18)10-5-7-11(8-6-10)20-14-9-19-13-4-2-1-3-12(13)14/h1-9,19H. The third-order valence-corrected chi connectivity index (χ3v) is 4.03. The highest BCUT2D eigenvalue weighted by Gasteiger charge is 2.29. The number of benzene rings is 2. The van der Waals surface area contributed by atoms with Gasteiger partial charge in [0.1, 0.15) is 0 Å². The highest BCUT2D eigenvalue weighted by atomic mass is 32.2. The molecule has 102 valence electrons. The minimum Gasteiger partial charge on any atom is -0.360 e. The van der Waals surface area contributed by atoms with Crippen molar-refractivity contribution in [3.63, 3.8) is 0 Å². The number of H-pyrrole nitrogens is 1. The summed E-state index contributed by atoms with van der Waals surface area (Å²) in [6.45, 7) is 0. The summed E-state index contributed by atoms with van der Waals surface area (Å²) in [6, 6.07) is 13.0. The molecule has 3 rings (SSSR count). The van der Waals surface area contributed by atoms with Crippen LogP contribution < -0.4 is 0 Å². The van der Waals surface area contributed by atoms with E-state index in [9.17, 15) is 13.2 Å². The smallest absolute Gasteiger partial charge is 0.360 e. The number of rotatable bonds is 2. The van der Waals surface area contributed by atoms with Crippen LogP contribution in [0.5, 0.6) is 0 Å². The van der Waals surface area contributed by atoms with Crippen LogP contribution in [0.2, 0.25) is 0 Å². The lowest BCUT2D eigenvalue weighted by atomic mass is 10.2. The largest absolute Gasteiger partial charge is 0.416 e. The first kappa shape index (κ1) is 13.1. The maximum atomic E-state index is 12.5. The highest BCUT2D eigenvalue weighted by molar-refractivity contribution is 7.99. The van der Waals surface area contributed by atoms with Crippen LogP contribution in [0.4, 0.5) is 13.2 Å². The Balaban J connectivity index is 1.88. The first-order valence-electron chi connectivity index (χ1n) is 5.95. The Kier molecular flexibility index (Phi) is 3.22. The predicted molar refractivity (Wildman–Crippen MR) is 73.9 cm³/mol. The molecule has 0 unspecified atom stereocenters. The number of alkyl halides is 3. The Morgan fingerprint density at radius 1 is 0.900 bits per heavy atom. The molecule has 1 nitrogen and oxygen atoms in total. The lowest BCUT2D eigenvalue weighted by Crippen LogP contribution is -2.03. The van der Waals surface area contributed by atoms with Crippen molar-refractivity contribution in [2.45, 2.75) is 16.0 Å². The topological polar surface area (TPSA) is 15.8 Å². The molecule has 3 aromatic rings. The lowest BCUT2D eigenvalue weighted by Gasteiger charge is -2.07. The molecule has 0 spiro atoms. The summed E-state index contributed by atoms with van der Waals surface area (Å²) in [7, 11) is 0. The van der Waals surface area contributed by atoms with Gasteiger partial charge in [-0.25, -0.2) is 0 Å². The van der Waals surface area contributed by atoms with Gasteiger partial charge in [-0.2, -0.15) is 13.2 Å². The van der Waals surface area contributed by atoms with Crippen molar-refractivity contribution in [3.05, 3.63) is 60.3 Å². The van der Waals surface area contributed by atoms with Crippen molar-refractivity contribution in [3.8, 4) is 0 Å². The van der Waals surface area contributed by atoms with E-state index in [4.69, 9.17) is 0 Å². The number of hydrogen-bond donors (Lipinski definition) is 1. The van der Waals surface area contributed by atoms with Gasteiger partial charge in [0.2, 0.25) is 0 Å². The summed E-state index contributed by atoms with van der Waals surface area (Å²) in [5.41, 5.74) is 0.391.